The zero-order chi connectivity index (χ0) is 16.2. The Balaban J connectivity index is 1.67. The monoisotopic (exact) mass is 314 g/mol. The lowest BCUT2D eigenvalue weighted by atomic mass is 10.1. The summed E-state index contributed by atoms with van der Waals surface area (Å²) < 4.78 is 1.68. The van der Waals surface area contributed by atoms with Crippen molar-refractivity contribution in [2.75, 3.05) is 31.5 Å². The van der Waals surface area contributed by atoms with Gasteiger partial charge in [0.25, 0.3) is 0 Å². The van der Waals surface area contributed by atoms with E-state index in [1.807, 2.05) is 32.3 Å². The maximum atomic E-state index is 12.4. The molecule has 1 amide bonds. The summed E-state index contributed by atoms with van der Waals surface area (Å²) >= 11 is 0. The van der Waals surface area contributed by atoms with Crippen molar-refractivity contribution in [1.82, 2.24) is 25.0 Å². The summed E-state index contributed by atoms with van der Waals surface area (Å²) in [6.07, 6.45) is 3.63. The van der Waals surface area contributed by atoms with Gasteiger partial charge in [0.2, 0.25) is 5.91 Å². The van der Waals surface area contributed by atoms with Crippen LogP contribution in [0.5, 0.6) is 0 Å². The van der Waals surface area contributed by atoms with Crippen molar-refractivity contribution >= 4 is 11.7 Å². The highest BCUT2D eigenvalue weighted by Gasteiger charge is 2.25. The molecule has 1 atom stereocenters. The number of aryl methyl sites for hydroxylation is 2. The molecule has 0 saturated carbocycles. The number of aromatic nitrogens is 3. The first kappa shape index (κ1) is 15.6. The van der Waals surface area contributed by atoms with Gasteiger partial charge in [0.15, 0.2) is 0 Å². The van der Waals surface area contributed by atoms with Gasteiger partial charge in [-0.15, -0.1) is 0 Å². The van der Waals surface area contributed by atoms with Crippen molar-refractivity contribution in [3.8, 4) is 0 Å². The summed E-state index contributed by atoms with van der Waals surface area (Å²) in [7, 11) is 1.83. The number of carbonyl (C=O) groups excluding carboxylic acids is 1. The summed E-state index contributed by atoms with van der Waals surface area (Å²) in [5, 5.41) is 10.6. The van der Waals surface area contributed by atoms with Crippen LogP contribution < -0.4 is 10.6 Å². The molecular formula is C16H22N6O. The van der Waals surface area contributed by atoms with Gasteiger partial charge in [-0.25, -0.2) is 0 Å². The molecule has 2 aromatic heterocycles. The number of carbonyl (C=O) groups is 1. The van der Waals surface area contributed by atoms with Gasteiger partial charge >= 0.3 is 0 Å². The molecule has 7 heteroatoms. The average molecular weight is 314 g/mol. The predicted molar refractivity (Wildman–Crippen MR) is 88.0 cm³/mol. The van der Waals surface area contributed by atoms with Gasteiger partial charge in [-0.05, 0) is 18.6 Å². The first-order valence-corrected chi connectivity index (χ1v) is 7.78. The van der Waals surface area contributed by atoms with Crippen molar-refractivity contribution in [3.63, 3.8) is 0 Å². The summed E-state index contributed by atoms with van der Waals surface area (Å²) in [6.45, 7) is 4.80. The minimum absolute atomic E-state index is 0.0243. The number of nitrogens with zero attached hydrogens (tertiary/aromatic N) is 4. The zero-order valence-corrected chi connectivity index (χ0v) is 13.5. The number of anilines is 1. The minimum Gasteiger partial charge on any atom is -0.314 e. The van der Waals surface area contributed by atoms with Crippen molar-refractivity contribution in [2.45, 2.75) is 13.0 Å². The number of amides is 1. The Bertz CT molecular complexity index is 668. The third-order valence-corrected chi connectivity index (χ3v) is 4.04. The molecule has 3 heterocycles. The molecule has 2 aromatic rings. The lowest BCUT2D eigenvalue weighted by Gasteiger charge is -2.35. The third kappa shape index (κ3) is 3.75. The van der Waals surface area contributed by atoms with Gasteiger partial charge in [0.1, 0.15) is 5.82 Å². The van der Waals surface area contributed by atoms with Crippen molar-refractivity contribution in [3.05, 3.63) is 41.9 Å². The number of hydrogen-bond donors (Lipinski definition) is 2. The summed E-state index contributed by atoms with van der Waals surface area (Å²) in [5.41, 5.74) is 2.02. The molecule has 7 nitrogen and oxygen atoms in total. The third-order valence-electron chi connectivity index (χ3n) is 4.04. The fourth-order valence-corrected chi connectivity index (χ4v) is 2.93. The van der Waals surface area contributed by atoms with Crippen molar-refractivity contribution < 1.29 is 4.79 Å². The Morgan fingerprint density at radius 1 is 1.52 bits per heavy atom. The van der Waals surface area contributed by atoms with Gasteiger partial charge < -0.3 is 10.6 Å². The van der Waals surface area contributed by atoms with Crippen LogP contribution in [0.25, 0.3) is 0 Å². The van der Waals surface area contributed by atoms with E-state index in [4.69, 9.17) is 0 Å². The quantitative estimate of drug-likeness (QED) is 0.869. The normalized spacial score (nSPS) is 18.8. The predicted octanol–water partition coefficient (Wildman–Crippen LogP) is 0.709. The smallest absolute Gasteiger partial charge is 0.239 e. The largest absolute Gasteiger partial charge is 0.314 e. The second-order valence-electron chi connectivity index (χ2n) is 5.82. The lowest BCUT2D eigenvalue weighted by Crippen LogP contribution is -2.48. The second kappa shape index (κ2) is 6.89. The fourth-order valence-electron chi connectivity index (χ4n) is 2.93. The van der Waals surface area contributed by atoms with Crippen LogP contribution in [0.1, 0.15) is 17.3 Å². The van der Waals surface area contributed by atoms with E-state index in [1.54, 1.807) is 10.9 Å². The molecule has 1 unspecified atom stereocenters. The molecule has 23 heavy (non-hydrogen) atoms. The van der Waals surface area contributed by atoms with Crippen LogP contribution in [0, 0.1) is 6.92 Å². The summed E-state index contributed by atoms with van der Waals surface area (Å²) in [4.78, 5) is 18.8. The van der Waals surface area contributed by atoms with E-state index in [0.717, 1.165) is 36.7 Å². The van der Waals surface area contributed by atoms with E-state index in [-0.39, 0.29) is 11.9 Å². The maximum Gasteiger partial charge on any atom is 0.239 e. The molecule has 1 fully saturated rings. The van der Waals surface area contributed by atoms with Gasteiger partial charge in [-0.2, -0.15) is 5.10 Å². The molecule has 0 bridgehead atoms. The molecule has 0 aromatic carbocycles. The van der Waals surface area contributed by atoms with Crippen LogP contribution in [-0.4, -0.2) is 51.8 Å². The Labute approximate surface area is 135 Å². The SMILES string of the molecule is Cc1cc(NC(=O)CN2CCNCC2c2cccnc2)n(C)n1. The van der Waals surface area contributed by atoms with Crippen LogP contribution in [0.15, 0.2) is 30.6 Å². The van der Waals surface area contributed by atoms with E-state index in [2.05, 4.69) is 31.7 Å². The molecule has 1 saturated heterocycles. The molecule has 1 aliphatic rings. The highest BCUT2D eigenvalue weighted by molar-refractivity contribution is 5.91. The summed E-state index contributed by atoms with van der Waals surface area (Å²) in [6, 6.07) is 6.02. The van der Waals surface area contributed by atoms with E-state index in [9.17, 15) is 4.79 Å². The highest BCUT2D eigenvalue weighted by Crippen LogP contribution is 2.21. The number of piperazine rings is 1. The van der Waals surface area contributed by atoms with E-state index < -0.39 is 0 Å². The molecule has 0 spiro atoms. The Hall–Kier alpha value is -2.25. The Morgan fingerprint density at radius 2 is 2.39 bits per heavy atom. The standard InChI is InChI=1S/C16H22N6O/c1-12-8-15(21(2)20-12)19-16(23)11-22-7-6-18-10-14(22)13-4-3-5-17-9-13/h3-5,8-9,14,18H,6-7,10-11H2,1-2H3,(H,19,23). The number of rotatable bonds is 4. The molecule has 1 aliphatic heterocycles. The van der Waals surface area contributed by atoms with Crippen LogP contribution >= 0.6 is 0 Å². The van der Waals surface area contributed by atoms with Crippen LogP contribution in [0.4, 0.5) is 5.82 Å². The molecule has 2 N–H and O–H groups in total. The van der Waals surface area contributed by atoms with Crippen molar-refractivity contribution in [1.29, 1.82) is 0 Å². The number of pyridine rings is 1. The fraction of sp³-hybridized carbons (Fsp3) is 0.438. The molecular weight excluding hydrogens is 292 g/mol. The van der Waals surface area contributed by atoms with Crippen LogP contribution in [-0.2, 0) is 11.8 Å². The number of hydrogen-bond acceptors (Lipinski definition) is 5. The van der Waals surface area contributed by atoms with Crippen LogP contribution in [0.3, 0.4) is 0 Å². The average Bonchev–Trinajstić information content (AvgIpc) is 2.86. The van der Waals surface area contributed by atoms with E-state index in [1.165, 1.54) is 0 Å². The summed E-state index contributed by atoms with van der Waals surface area (Å²) in [5.74, 6) is 0.698. The topological polar surface area (TPSA) is 75.1 Å². The maximum absolute atomic E-state index is 12.4. The lowest BCUT2D eigenvalue weighted by molar-refractivity contribution is -0.118. The first-order valence-electron chi connectivity index (χ1n) is 7.78. The van der Waals surface area contributed by atoms with Gasteiger partial charge in [0, 0.05) is 51.2 Å². The van der Waals surface area contributed by atoms with Gasteiger partial charge in [0.05, 0.1) is 12.2 Å². The van der Waals surface area contributed by atoms with Crippen LogP contribution in [0.2, 0.25) is 0 Å². The first-order chi connectivity index (χ1) is 11.1. The number of nitrogens with one attached hydrogen (secondary N) is 2. The minimum atomic E-state index is -0.0243. The Kier molecular flexibility index (Phi) is 4.68. The molecule has 0 radical (unpaired) electrons. The molecule has 0 aliphatic carbocycles. The Morgan fingerprint density at radius 3 is 3.09 bits per heavy atom. The second-order valence-corrected chi connectivity index (χ2v) is 5.82. The van der Waals surface area contributed by atoms with Gasteiger partial charge in [-0.3, -0.25) is 19.4 Å². The highest BCUT2D eigenvalue weighted by atomic mass is 16.2. The molecule has 3 rings (SSSR count). The molecule has 122 valence electrons. The van der Waals surface area contributed by atoms with Crippen molar-refractivity contribution in [2.24, 2.45) is 7.05 Å². The van der Waals surface area contributed by atoms with E-state index >= 15 is 0 Å². The van der Waals surface area contributed by atoms with E-state index in [0.29, 0.717) is 6.54 Å². The van der Waals surface area contributed by atoms with Gasteiger partial charge in [-0.1, -0.05) is 6.07 Å². The zero-order valence-electron chi connectivity index (χ0n) is 13.5.